The summed E-state index contributed by atoms with van der Waals surface area (Å²) in [6.45, 7) is 4.58. The minimum atomic E-state index is 0.0458. The highest BCUT2D eigenvalue weighted by Crippen LogP contribution is 2.17. The van der Waals surface area contributed by atoms with Crippen LogP contribution in [0.4, 0.5) is 0 Å². The molecule has 1 aliphatic heterocycles. The van der Waals surface area contributed by atoms with Crippen molar-refractivity contribution in [3.8, 4) is 5.69 Å². The summed E-state index contributed by atoms with van der Waals surface area (Å²) >= 11 is 0. The lowest BCUT2D eigenvalue weighted by Gasteiger charge is -2.25. The second kappa shape index (κ2) is 6.99. The molecule has 1 N–H and O–H groups in total. The van der Waals surface area contributed by atoms with Crippen LogP contribution >= 0.6 is 0 Å². The molecule has 1 fully saturated rings. The van der Waals surface area contributed by atoms with Crippen molar-refractivity contribution in [3.63, 3.8) is 0 Å². The van der Waals surface area contributed by atoms with E-state index in [0.717, 1.165) is 42.8 Å². The van der Waals surface area contributed by atoms with Crippen molar-refractivity contribution in [2.75, 3.05) is 26.2 Å². The third-order valence-electron chi connectivity index (χ3n) is 4.59. The molecule has 128 valence electrons. The van der Waals surface area contributed by atoms with Gasteiger partial charge >= 0.3 is 0 Å². The Kier molecular flexibility index (Phi) is 4.39. The summed E-state index contributed by atoms with van der Waals surface area (Å²) in [5.74, 6) is 0. The molecule has 0 unspecified atom stereocenters. The summed E-state index contributed by atoms with van der Waals surface area (Å²) < 4.78 is 3.82. The fourth-order valence-corrected chi connectivity index (χ4v) is 3.34. The van der Waals surface area contributed by atoms with Gasteiger partial charge in [-0.15, -0.1) is 0 Å². The maximum absolute atomic E-state index is 12.9. The van der Waals surface area contributed by atoms with Crippen molar-refractivity contribution in [1.82, 2.24) is 19.6 Å². The van der Waals surface area contributed by atoms with Crippen molar-refractivity contribution >= 4 is 10.9 Å². The van der Waals surface area contributed by atoms with Gasteiger partial charge in [0.1, 0.15) is 0 Å². The predicted octanol–water partition coefficient (Wildman–Crippen LogP) is 2.21. The summed E-state index contributed by atoms with van der Waals surface area (Å²) in [6, 6.07) is 17.8. The average molecular weight is 334 g/mol. The van der Waals surface area contributed by atoms with E-state index in [1.807, 2.05) is 59.3 Å². The lowest BCUT2D eigenvalue weighted by atomic mass is 10.2. The molecule has 0 bridgehead atoms. The Morgan fingerprint density at radius 1 is 0.960 bits per heavy atom. The minimum absolute atomic E-state index is 0.0458. The van der Waals surface area contributed by atoms with Crippen LogP contribution < -0.4 is 10.9 Å². The van der Waals surface area contributed by atoms with Crippen LogP contribution in [0.25, 0.3) is 16.6 Å². The first-order chi connectivity index (χ1) is 12.3. The Bertz CT molecular complexity index is 933. The highest BCUT2D eigenvalue weighted by molar-refractivity contribution is 5.80. The first-order valence-electron chi connectivity index (χ1n) is 8.72. The molecule has 0 aliphatic carbocycles. The monoisotopic (exact) mass is 334 g/mol. The van der Waals surface area contributed by atoms with Crippen LogP contribution in [0, 0.1) is 0 Å². The van der Waals surface area contributed by atoms with Gasteiger partial charge in [0.05, 0.1) is 23.1 Å². The van der Waals surface area contributed by atoms with Gasteiger partial charge in [-0.25, -0.2) is 9.36 Å². The first-order valence-corrected chi connectivity index (χ1v) is 8.72. The Hall–Kier alpha value is -2.79. The Morgan fingerprint density at radius 3 is 2.48 bits per heavy atom. The van der Waals surface area contributed by atoms with E-state index in [4.69, 9.17) is 0 Å². The molecular formula is C20H22N4O. The largest absolute Gasteiger partial charge is 0.375 e. The quantitative estimate of drug-likeness (QED) is 0.795. The molecule has 0 saturated carbocycles. The number of para-hydroxylation sites is 2. The van der Waals surface area contributed by atoms with Crippen LogP contribution in [0.1, 0.15) is 0 Å². The number of aromatic nitrogens is 2. The number of nitrogens with zero attached hydrogens (tertiary/aromatic N) is 3. The summed E-state index contributed by atoms with van der Waals surface area (Å²) in [4.78, 5) is 15.2. The standard InChI is InChI=1S/C20H22N4O/c25-20-18-9-4-5-10-19(18)24(17-7-2-1-3-8-17)23(20)14-6-13-22-15-11-21-12-16-22/h1-10,13,21H,11-12,14-16H2. The molecule has 0 atom stereocenters. The number of piperazine rings is 1. The van der Waals surface area contributed by atoms with E-state index in [0.29, 0.717) is 6.54 Å². The van der Waals surface area contributed by atoms with E-state index < -0.39 is 0 Å². The van der Waals surface area contributed by atoms with Gasteiger partial charge in [-0.05, 0) is 36.5 Å². The lowest BCUT2D eigenvalue weighted by molar-refractivity contribution is 0.323. The molecule has 1 saturated heterocycles. The minimum Gasteiger partial charge on any atom is -0.375 e. The summed E-state index contributed by atoms with van der Waals surface area (Å²) in [6.07, 6.45) is 4.19. The van der Waals surface area contributed by atoms with Crippen LogP contribution in [0.15, 0.2) is 71.7 Å². The maximum atomic E-state index is 12.9. The van der Waals surface area contributed by atoms with E-state index in [9.17, 15) is 4.79 Å². The van der Waals surface area contributed by atoms with E-state index in [1.165, 1.54) is 0 Å². The van der Waals surface area contributed by atoms with Crippen molar-refractivity contribution < 1.29 is 0 Å². The van der Waals surface area contributed by atoms with Crippen molar-refractivity contribution in [1.29, 1.82) is 0 Å². The van der Waals surface area contributed by atoms with Gasteiger partial charge in [0.25, 0.3) is 5.56 Å². The Morgan fingerprint density at radius 2 is 1.68 bits per heavy atom. The van der Waals surface area contributed by atoms with Crippen molar-refractivity contribution in [3.05, 3.63) is 77.2 Å². The molecule has 1 aromatic heterocycles. The van der Waals surface area contributed by atoms with Crippen LogP contribution in [-0.2, 0) is 6.54 Å². The number of hydrogen-bond donors (Lipinski definition) is 1. The molecule has 0 radical (unpaired) electrons. The predicted molar refractivity (Wildman–Crippen MR) is 101 cm³/mol. The Balaban J connectivity index is 1.73. The maximum Gasteiger partial charge on any atom is 0.275 e. The molecule has 2 heterocycles. The van der Waals surface area contributed by atoms with Gasteiger partial charge in [-0.3, -0.25) is 4.79 Å². The topological polar surface area (TPSA) is 42.2 Å². The lowest BCUT2D eigenvalue weighted by Crippen LogP contribution is -2.40. The zero-order chi connectivity index (χ0) is 17.1. The summed E-state index contributed by atoms with van der Waals surface area (Å²) in [5, 5.41) is 4.10. The summed E-state index contributed by atoms with van der Waals surface area (Å²) in [5.41, 5.74) is 1.98. The van der Waals surface area contributed by atoms with Crippen molar-refractivity contribution in [2.45, 2.75) is 6.54 Å². The second-order valence-corrected chi connectivity index (χ2v) is 6.22. The zero-order valence-corrected chi connectivity index (χ0v) is 14.1. The molecule has 2 aromatic carbocycles. The van der Waals surface area contributed by atoms with Gasteiger partial charge in [0.2, 0.25) is 0 Å². The first kappa shape index (κ1) is 15.7. The third kappa shape index (κ3) is 3.10. The average Bonchev–Trinajstić information content (AvgIpc) is 2.96. The number of rotatable bonds is 4. The molecule has 5 nitrogen and oxygen atoms in total. The highest BCUT2D eigenvalue weighted by Gasteiger charge is 2.13. The van der Waals surface area contributed by atoms with E-state index in [1.54, 1.807) is 4.68 Å². The van der Waals surface area contributed by atoms with Crippen LogP contribution in [-0.4, -0.2) is 40.4 Å². The highest BCUT2D eigenvalue weighted by atomic mass is 16.1. The number of nitrogens with one attached hydrogen (secondary N) is 1. The van der Waals surface area contributed by atoms with E-state index >= 15 is 0 Å². The number of hydrogen-bond acceptors (Lipinski definition) is 3. The van der Waals surface area contributed by atoms with E-state index in [2.05, 4.69) is 22.5 Å². The van der Waals surface area contributed by atoms with Crippen LogP contribution in [0.3, 0.4) is 0 Å². The molecule has 25 heavy (non-hydrogen) atoms. The number of fused-ring (bicyclic) bond motifs is 1. The molecule has 1 aliphatic rings. The third-order valence-corrected chi connectivity index (χ3v) is 4.59. The molecule has 3 aromatic rings. The normalized spacial score (nSPS) is 15.3. The summed E-state index contributed by atoms with van der Waals surface area (Å²) in [7, 11) is 0. The van der Waals surface area contributed by atoms with Crippen LogP contribution in [0.5, 0.6) is 0 Å². The molecule has 0 amide bonds. The van der Waals surface area contributed by atoms with Crippen molar-refractivity contribution in [2.24, 2.45) is 0 Å². The molecule has 0 spiro atoms. The van der Waals surface area contributed by atoms with Gasteiger partial charge in [-0.2, -0.15) is 0 Å². The fraction of sp³-hybridized carbons (Fsp3) is 0.250. The smallest absolute Gasteiger partial charge is 0.275 e. The van der Waals surface area contributed by atoms with E-state index in [-0.39, 0.29) is 5.56 Å². The molecule has 5 heteroatoms. The Labute approximate surface area is 146 Å². The van der Waals surface area contributed by atoms with Gasteiger partial charge < -0.3 is 10.2 Å². The number of allylic oxidation sites excluding steroid dienone is 1. The zero-order valence-electron chi connectivity index (χ0n) is 14.1. The fourth-order valence-electron chi connectivity index (χ4n) is 3.34. The SMILES string of the molecule is O=c1c2ccccc2n(-c2ccccc2)n1CC=CN1CCNCC1. The van der Waals surface area contributed by atoms with Gasteiger partial charge in [0, 0.05) is 26.2 Å². The number of benzene rings is 2. The van der Waals surface area contributed by atoms with Crippen LogP contribution in [0.2, 0.25) is 0 Å². The second-order valence-electron chi connectivity index (χ2n) is 6.22. The van der Waals surface area contributed by atoms with Gasteiger partial charge in [-0.1, -0.05) is 30.3 Å². The molecular weight excluding hydrogens is 312 g/mol. The van der Waals surface area contributed by atoms with Gasteiger partial charge in [0.15, 0.2) is 0 Å². The molecule has 4 rings (SSSR count).